The van der Waals surface area contributed by atoms with Crippen LogP contribution in [0.5, 0.6) is 0 Å². The fraction of sp³-hybridized carbons (Fsp3) is 0.385. The summed E-state index contributed by atoms with van der Waals surface area (Å²) in [6.07, 6.45) is 6.45. The van der Waals surface area contributed by atoms with Gasteiger partial charge in [-0.3, -0.25) is 5.32 Å². The molecule has 0 aliphatic carbocycles. The Morgan fingerprint density at radius 1 is 1.60 bits per heavy atom. The molecule has 1 aliphatic rings. The molecule has 15 heavy (non-hydrogen) atoms. The number of terminal acetylenes is 1. The van der Waals surface area contributed by atoms with E-state index in [-0.39, 0.29) is 6.04 Å². The summed E-state index contributed by atoms with van der Waals surface area (Å²) >= 11 is 1.91. The van der Waals surface area contributed by atoms with Crippen molar-refractivity contribution >= 4 is 11.8 Å². The first kappa shape index (κ1) is 10.6. The molecule has 0 radical (unpaired) electrons. The van der Waals surface area contributed by atoms with Gasteiger partial charge in [-0.15, -0.1) is 18.2 Å². The van der Waals surface area contributed by atoms with Crippen LogP contribution >= 0.6 is 11.8 Å². The zero-order chi connectivity index (χ0) is 10.7. The van der Waals surface area contributed by atoms with Crippen molar-refractivity contribution in [1.29, 1.82) is 0 Å². The average molecular weight is 217 g/mol. The summed E-state index contributed by atoms with van der Waals surface area (Å²) in [6, 6.07) is 9.17. The smallest absolute Gasteiger partial charge is 0.0689 e. The van der Waals surface area contributed by atoms with Gasteiger partial charge in [-0.1, -0.05) is 31.0 Å². The lowest BCUT2D eigenvalue weighted by molar-refractivity contribution is 0.519. The summed E-state index contributed by atoms with van der Waals surface area (Å²) in [6.45, 7) is 2.12. The molecular weight excluding hydrogens is 202 g/mol. The van der Waals surface area contributed by atoms with Crippen LogP contribution in [0.1, 0.15) is 24.9 Å². The van der Waals surface area contributed by atoms with Gasteiger partial charge in [-0.2, -0.15) is 0 Å². The maximum Gasteiger partial charge on any atom is 0.0689 e. The van der Waals surface area contributed by atoms with E-state index < -0.39 is 0 Å². The minimum Gasteiger partial charge on any atom is -0.296 e. The molecule has 1 aromatic carbocycles. The zero-order valence-corrected chi connectivity index (χ0v) is 9.68. The van der Waals surface area contributed by atoms with Gasteiger partial charge in [0.15, 0.2) is 0 Å². The Hall–Kier alpha value is -0.910. The summed E-state index contributed by atoms with van der Waals surface area (Å²) in [5.74, 6) is 3.88. The van der Waals surface area contributed by atoms with Crippen LogP contribution in [0.25, 0.3) is 0 Å². The molecule has 1 nitrogen and oxygen atoms in total. The molecule has 2 atom stereocenters. The molecule has 2 heteroatoms. The fourth-order valence-electron chi connectivity index (χ4n) is 1.83. The number of hydrogen-bond acceptors (Lipinski definition) is 2. The van der Waals surface area contributed by atoms with Gasteiger partial charge >= 0.3 is 0 Å². The topological polar surface area (TPSA) is 12.0 Å². The molecule has 0 bridgehead atoms. The fourth-order valence-corrected chi connectivity index (χ4v) is 3.00. The molecule has 1 N–H and O–H groups in total. The summed E-state index contributed by atoms with van der Waals surface area (Å²) < 4.78 is 0. The zero-order valence-electron chi connectivity index (χ0n) is 8.86. The van der Waals surface area contributed by atoms with Crippen LogP contribution < -0.4 is 5.32 Å². The van der Waals surface area contributed by atoms with Crippen LogP contribution in [-0.2, 0) is 0 Å². The second-order valence-corrected chi connectivity index (χ2v) is 4.76. The molecule has 0 amide bonds. The molecule has 0 spiro atoms. The highest BCUT2D eigenvalue weighted by Gasteiger charge is 2.23. The van der Waals surface area contributed by atoms with Crippen molar-refractivity contribution in [3.8, 4) is 12.3 Å². The Morgan fingerprint density at radius 3 is 3.13 bits per heavy atom. The van der Waals surface area contributed by atoms with Crippen LogP contribution in [-0.4, -0.2) is 11.8 Å². The molecular formula is C13H15NS. The minimum atomic E-state index is 0.196. The largest absolute Gasteiger partial charge is 0.296 e. The van der Waals surface area contributed by atoms with Crippen molar-refractivity contribution in [2.75, 3.05) is 5.75 Å². The van der Waals surface area contributed by atoms with Gasteiger partial charge in [0.05, 0.1) is 6.04 Å². The van der Waals surface area contributed by atoms with Crippen LogP contribution in [0.4, 0.5) is 0 Å². The van der Waals surface area contributed by atoms with Gasteiger partial charge < -0.3 is 0 Å². The highest BCUT2D eigenvalue weighted by Crippen LogP contribution is 2.37. The molecule has 0 aromatic heterocycles. The second kappa shape index (κ2) is 4.74. The lowest BCUT2D eigenvalue weighted by Gasteiger charge is -2.17. The third-order valence-electron chi connectivity index (χ3n) is 2.71. The van der Waals surface area contributed by atoms with Gasteiger partial charge in [-0.05, 0) is 18.1 Å². The van der Waals surface area contributed by atoms with E-state index in [4.69, 9.17) is 6.42 Å². The van der Waals surface area contributed by atoms with Crippen molar-refractivity contribution in [3.63, 3.8) is 0 Å². The number of thioether (sulfide) groups is 1. The standard InChI is InChI=1S/C13H15NS/c1-3-10(4-2)14-12-9-15-13-8-6-5-7-11(12)13/h1,5-8,10,12,14H,4,9H2,2H3. The molecule has 1 heterocycles. The molecule has 0 saturated heterocycles. The van der Waals surface area contributed by atoms with Crippen LogP contribution in [0.3, 0.4) is 0 Å². The number of benzene rings is 1. The van der Waals surface area contributed by atoms with Crippen LogP contribution in [0.2, 0.25) is 0 Å². The Labute approximate surface area is 95.7 Å². The Balaban J connectivity index is 2.11. The number of nitrogens with one attached hydrogen (secondary N) is 1. The lowest BCUT2D eigenvalue weighted by Crippen LogP contribution is -2.31. The van der Waals surface area contributed by atoms with Crippen molar-refractivity contribution in [2.24, 2.45) is 0 Å². The first-order valence-electron chi connectivity index (χ1n) is 5.29. The van der Waals surface area contributed by atoms with Crippen LogP contribution in [0.15, 0.2) is 29.2 Å². The second-order valence-electron chi connectivity index (χ2n) is 3.70. The molecule has 1 aliphatic heterocycles. The van der Waals surface area contributed by atoms with E-state index in [2.05, 4.69) is 42.4 Å². The van der Waals surface area contributed by atoms with Gasteiger partial charge in [0.1, 0.15) is 0 Å². The van der Waals surface area contributed by atoms with E-state index in [0.717, 1.165) is 12.2 Å². The Kier molecular flexibility index (Phi) is 3.35. The average Bonchev–Trinajstić information content (AvgIpc) is 2.69. The molecule has 1 aromatic rings. The summed E-state index contributed by atoms with van der Waals surface area (Å²) in [7, 11) is 0. The maximum atomic E-state index is 5.46. The predicted octanol–water partition coefficient (Wildman–Crippen LogP) is 2.83. The van der Waals surface area contributed by atoms with Gasteiger partial charge in [0, 0.05) is 16.7 Å². The molecule has 0 fully saturated rings. The SMILES string of the molecule is C#CC(CC)NC1CSc2ccccc21. The van der Waals surface area contributed by atoms with E-state index in [1.165, 1.54) is 10.5 Å². The monoisotopic (exact) mass is 217 g/mol. The van der Waals surface area contributed by atoms with Crippen molar-refractivity contribution in [3.05, 3.63) is 29.8 Å². The van der Waals surface area contributed by atoms with E-state index in [1.54, 1.807) is 0 Å². The molecule has 0 saturated carbocycles. The third kappa shape index (κ3) is 2.19. The van der Waals surface area contributed by atoms with E-state index >= 15 is 0 Å². The summed E-state index contributed by atoms with van der Waals surface area (Å²) in [5.41, 5.74) is 1.40. The minimum absolute atomic E-state index is 0.196. The number of rotatable bonds is 3. The Morgan fingerprint density at radius 2 is 2.40 bits per heavy atom. The van der Waals surface area contributed by atoms with Crippen LogP contribution in [0, 0.1) is 12.3 Å². The van der Waals surface area contributed by atoms with Gasteiger partial charge in [0.2, 0.25) is 0 Å². The predicted molar refractivity (Wildman–Crippen MR) is 66.0 cm³/mol. The Bertz CT molecular complexity index is 380. The maximum absolute atomic E-state index is 5.46. The van der Waals surface area contributed by atoms with Crippen molar-refractivity contribution in [1.82, 2.24) is 5.32 Å². The van der Waals surface area contributed by atoms with E-state index in [9.17, 15) is 0 Å². The number of fused-ring (bicyclic) bond motifs is 1. The first-order valence-corrected chi connectivity index (χ1v) is 6.27. The lowest BCUT2D eigenvalue weighted by atomic mass is 10.1. The summed E-state index contributed by atoms with van der Waals surface area (Å²) in [4.78, 5) is 1.39. The number of hydrogen-bond donors (Lipinski definition) is 1. The van der Waals surface area contributed by atoms with E-state index in [0.29, 0.717) is 6.04 Å². The quantitative estimate of drug-likeness (QED) is 0.781. The van der Waals surface area contributed by atoms with Gasteiger partial charge in [0.25, 0.3) is 0 Å². The molecule has 78 valence electrons. The van der Waals surface area contributed by atoms with E-state index in [1.807, 2.05) is 11.8 Å². The first-order chi connectivity index (χ1) is 7.35. The normalized spacial score (nSPS) is 20.7. The highest BCUT2D eigenvalue weighted by molar-refractivity contribution is 7.99. The molecule has 2 rings (SSSR count). The summed E-state index contributed by atoms with van der Waals surface area (Å²) in [5, 5.41) is 3.51. The third-order valence-corrected chi connectivity index (χ3v) is 3.89. The van der Waals surface area contributed by atoms with Crippen molar-refractivity contribution < 1.29 is 0 Å². The van der Waals surface area contributed by atoms with Crippen molar-refractivity contribution in [2.45, 2.75) is 30.3 Å². The van der Waals surface area contributed by atoms with Gasteiger partial charge in [-0.25, -0.2) is 0 Å². The highest BCUT2D eigenvalue weighted by atomic mass is 32.2. The molecule has 2 unspecified atom stereocenters.